The van der Waals surface area contributed by atoms with E-state index in [9.17, 15) is 0 Å². The largest absolute Gasteiger partial charge is 0.314 e. The molecule has 0 aromatic heterocycles. The van der Waals surface area contributed by atoms with E-state index in [1.54, 1.807) is 0 Å². The number of nitrogens with one attached hydrogen (secondary N) is 1. The van der Waals surface area contributed by atoms with Gasteiger partial charge in [-0.1, -0.05) is 30.7 Å². The molecule has 1 aromatic carbocycles. The number of benzene rings is 1. The van der Waals surface area contributed by atoms with Crippen LogP contribution in [0.2, 0.25) is 5.02 Å². The Morgan fingerprint density at radius 3 is 2.94 bits per heavy atom. The molecular formula is C14H22Cl2N2. The van der Waals surface area contributed by atoms with E-state index in [0.717, 1.165) is 31.2 Å². The van der Waals surface area contributed by atoms with Crippen LogP contribution in [-0.2, 0) is 0 Å². The molecular weight excluding hydrogens is 267 g/mol. The van der Waals surface area contributed by atoms with Crippen LogP contribution >= 0.6 is 24.0 Å². The molecule has 1 N–H and O–H groups in total. The van der Waals surface area contributed by atoms with Crippen molar-refractivity contribution in [1.29, 1.82) is 0 Å². The van der Waals surface area contributed by atoms with Crippen molar-refractivity contribution in [2.24, 2.45) is 0 Å². The second-order valence-electron chi connectivity index (χ2n) is 5.00. The zero-order valence-corrected chi connectivity index (χ0v) is 12.6. The Labute approximate surface area is 121 Å². The topological polar surface area (TPSA) is 15.3 Å². The van der Waals surface area contributed by atoms with Crippen LogP contribution in [0.1, 0.15) is 25.3 Å². The zero-order valence-electron chi connectivity index (χ0n) is 11.0. The molecule has 102 valence electrons. The Hall–Kier alpha value is -0.280. The molecule has 2 rings (SSSR count). The van der Waals surface area contributed by atoms with E-state index in [2.05, 4.69) is 36.2 Å². The second-order valence-corrected chi connectivity index (χ2v) is 5.44. The van der Waals surface area contributed by atoms with Gasteiger partial charge in [0.1, 0.15) is 0 Å². The van der Waals surface area contributed by atoms with Gasteiger partial charge in [-0.25, -0.2) is 0 Å². The van der Waals surface area contributed by atoms with Crippen molar-refractivity contribution in [2.45, 2.75) is 25.8 Å². The third-order valence-corrected chi connectivity index (χ3v) is 3.80. The summed E-state index contributed by atoms with van der Waals surface area (Å²) in [6, 6.07) is 8.86. The molecule has 4 heteroatoms. The molecule has 1 saturated heterocycles. The maximum atomic E-state index is 6.04. The fraction of sp³-hybridized carbons (Fsp3) is 0.571. The molecule has 2 nitrogen and oxygen atoms in total. The minimum Gasteiger partial charge on any atom is -0.314 e. The first-order valence-electron chi connectivity index (χ1n) is 6.37. The minimum atomic E-state index is 0. The summed E-state index contributed by atoms with van der Waals surface area (Å²) in [5, 5.41) is 4.26. The fourth-order valence-corrected chi connectivity index (χ4v) is 2.62. The molecule has 0 aliphatic carbocycles. The standard InChI is InChI=1S/C14H21ClN2.ClH/c1-11(13-4-3-5-14(15)8-13)10-17-7-6-16-9-12(17)2;/h3-5,8,11-12,16H,6-7,9-10H2,1-2H3;1H/t11?,12-;/m1./s1. The number of halogens is 2. The highest BCUT2D eigenvalue weighted by atomic mass is 35.5. The van der Waals surface area contributed by atoms with Crippen molar-refractivity contribution in [3.8, 4) is 0 Å². The molecule has 0 radical (unpaired) electrons. The molecule has 0 spiro atoms. The predicted molar refractivity (Wildman–Crippen MR) is 81.0 cm³/mol. The monoisotopic (exact) mass is 288 g/mol. The van der Waals surface area contributed by atoms with Crippen molar-refractivity contribution in [2.75, 3.05) is 26.2 Å². The van der Waals surface area contributed by atoms with Gasteiger partial charge in [-0.05, 0) is 30.5 Å². The van der Waals surface area contributed by atoms with Gasteiger partial charge in [-0.3, -0.25) is 4.90 Å². The van der Waals surface area contributed by atoms with Gasteiger partial charge >= 0.3 is 0 Å². The summed E-state index contributed by atoms with van der Waals surface area (Å²) >= 11 is 6.04. The van der Waals surface area contributed by atoms with Gasteiger partial charge in [0.25, 0.3) is 0 Å². The molecule has 18 heavy (non-hydrogen) atoms. The zero-order chi connectivity index (χ0) is 12.3. The molecule has 1 aliphatic heterocycles. The summed E-state index contributed by atoms with van der Waals surface area (Å²) in [4.78, 5) is 2.56. The van der Waals surface area contributed by atoms with Crippen LogP contribution < -0.4 is 5.32 Å². The van der Waals surface area contributed by atoms with Crippen LogP contribution in [0, 0.1) is 0 Å². The number of piperazine rings is 1. The lowest BCUT2D eigenvalue weighted by Crippen LogP contribution is -2.50. The molecule has 0 saturated carbocycles. The van der Waals surface area contributed by atoms with Gasteiger partial charge in [0.05, 0.1) is 0 Å². The number of hydrogen-bond acceptors (Lipinski definition) is 2. The average Bonchev–Trinajstić information content (AvgIpc) is 2.32. The summed E-state index contributed by atoms with van der Waals surface area (Å²) in [7, 11) is 0. The smallest absolute Gasteiger partial charge is 0.0408 e. The van der Waals surface area contributed by atoms with E-state index in [-0.39, 0.29) is 12.4 Å². The predicted octanol–water partition coefficient (Wildman–Crippen LogP) is 3.16. The van der Waals surface area contributed by atoms with E-state index in [4.69, 9.17) is 11.6 Å². The Morgan fingerprint density at radius 1 is 1.50 bits per heavy atom. The van der Waals surface area contributed by atoms with Gasteiger partial charge in [-0.2, -0.15) is 0 Å². The number of hydrogen-bond donors (Lipinski definition) is 1. The van der Waals surface area contributed by atoms with Crippen molar-refractivity contribution in [1.82, 2.24) is 10.2 Å². The van der Waals surface area contributed by atoms with Crippen LogP contribution in [0.5, 0.6) is 0 Å². The van der Waals surface area contributed by atoms with Crippen molar-refractivity contribution in [3.05, 3.63) is 34.9 Å². The highest BCUT2D eigenvalue weighted by Gasteiger charge is 2.20. The molecule has 1 aliphatic rings. The lowest BCUT2D eigenvalue weighted by Gasteiger charge is -2.35. The summed E-state index contributed by atoms with van der Waals surface area (Å²) in [5.41, 5.74) is 1.34. The van der Waals surface area contributed by atoms with Crippen molar-refractivity contribution < 1.29 is 0 Å². The van der Waals surface area contributed by atoms with Gasteiger partial charge < -0.3 is 5.32 Å². The first-order chi connectivity index (χ1) is 8.16. The Kier molecular flexibility index (Phi) is 6.44. The molecule has 0 bridgehead atoms. The van der Waals surface area contributed by atoms with Gasteiger partial charge in [0, 0.05) is 37.2 Å². The summed E-state index contributed by atoms with van der Waals surface area (Å²) < 4.78 is 0. The summed E-state index contributed by atoms with van der Waals surface area (Å²) in [6.45, 7) is 9.03. The van der Waals surface area contributed by atoms with Crippen LogP contribution in [0.15, 0.2) is 24.3 Å². The minimum absolute atomic E-state index is 0. The Morgan fingerprint density at radius 2 is 2.28 bits per heavy atom. The fourth-order valence-electron chi connectivity index (χ4n) is 2.42. The van der Waals surface area contributed by atoms with Crippen molar-refractivity contribution in [3.63, 3.8) is 0 Å². The summed E-state index contributed by atoms with van der Waals surface area (Å²) in [6.07, 6.45) is 0. The van der Waals surface area contributed by atoms with E-state index >= 15 is 0 Å². The molecule has 0 amide bonds. The van der Waals surface area contributed by atoms with Crippen LogP contribution in [0.4, 0.5) is 0 Å². The lowest BCUT2D eigenvalue weighted by molar-refractivity contribution is 0.166. The van der Waals surface area contributed by atoms with Gasteiger partial charge in [0.15, 0.2) is 0 Å². The van der Waals surface area contributed by atoms with E-state index in [1.807, 2.05) is 12.1 Å². The quantitative estimate of drug-likeness (QED) is 0.919. The second kappa shape index (κ2) is 7.34. The van der Waals surface area contributed by atoms with E-state index < -0.39 is 0 Å². The van der Waals surface area contributed by atoms with E-state index in [1.165, 1.54) is 5.56 Å². The average molecular weight is 289 g/mol. The lowest BCUT2D eigenvalue weighted by atomic mass is 9.99. The van der Waals surface area contributed by atoms with Crippen LogP contribution in [-0.4, -0.2) is 37.1 Å². The summed E-state index contributed by atoms with van der Waals surface area (Å²) in [5.74, 6) is 0.536. The van der Waals surface area contributed by atoms with Crippen LogP contribution in [0.3, 0.4) is 0 Å². The highest BCUT2D eigenvalue weighted by molar-refractivity contribution is 6.30. The normalized spacial score (nSPS) is 22.3. The number of nitrogens with zero attached hydrogens (tertiary/aromatic N) is 1. The first kappa shape index (κ1) is 15.8. The maximum absolute atomic E-state index is 6.04. The molecule has 1 aromatic rings. The SMILES string of the molecule is CC(CN1CCNC[C@H]1C)c1cccc(Cl)c1.Cl. The van der Waals surface area contributed by atoms with Gasteiger partial charge in [0.2, 0.25) is 0 Å². The first-order valence-corrected chi connectivity index (χ1v) is 6.75. The molecule has 2 atom stereocenters. The highest BCUT2D eigenvalue weighted by Crippen LogP contribution is 2.21. The van der Waals surface area contributed by atoms with Crippen molar-refractivity contribution >= 4 is 24.0 Å². The van der Waals surface area contributed by atoms with Crippen LogP contribution in [0.25, 0.3) is 0 Å². The molecule has 1 fully saturated rings. The maximum Gasteiger partial charge on any atom is 0.0408 e. The Bertz CT molecular complexity index is 371. The third kappa shape index (κ3) is 4.13. The molecule has 1 unspecified atom stereocenters. The Balaban J connectivity index is 0.00000162. The molecule has 1 heterocycles. The van der Waals surface area contributed by atoms with Gasteiger partial charge in [-0.15, -0.1) is 12.4 Å². The van der Waals surface area contributed by atoms with E-state index in [0.29, 0.717) is 12.0 Å². The number of rotatable bonds is 3. The third-order valence-electron chi connectivity index (χ3n) is 3.56.